The molecule has 0 aliphatic heterocycles. The highest BCUT2D eigenvalue weighted by molar-refractivity contribution is 14.1. The molecule has 0 aromatic carbocycles. The molecule has 0 saturated heterocycles. The summed E-state index contributed by atoms with van der Waals surface area (Å²) in [5.74, 6) is 1.73. The highest BCUT2D eigenvalue weighted by atomic mass is 127. The van der Waals surface area contributed by atoms with Crippen LogP contribution in [0.4, 0.5) is 4.39 Å². The molecular formula is C19H34FI. The smallest absolute Gasteiger partial charge is 0.105 e. The predicted octanol–water partition coefficient (Wildman–Crippen LogP) is 7.10. The first-order chi connectivity index (χ1) is 9.81. The van der Waals surface area contributed by atoms with Gasteiger partial charge in [-0.15, -0.1) is 0 Å². The minimum absolute atomic E-state index is 0.695. The lowest BCUT2D eigenvalue weighted by Crippen LogP contribution is -2.23. The van der Waals surface area contributed by atoms with E-state index in [9.17, 15) is 4.39 Å². The molecule has 21 heavy (non-hydrogen) atoms. The van der Waals surface area contributed by atoms with Crippen molar-refractivity contribution in [2.45, 2.75) is 101 Å². The van der Waals surface area contributed by atoms with Gasteiger partial charge in [0, 0.05) is 3.92 Å². The third-order valence-corrected chi connectivity index (χ3v) is 7.26. The van der Waals surface area contributed by atoms with E-state index in [0.717, 1.165) is 28.1 Å². The molecule has 0 unspecified atom stereocenters. The van der Waals surface area contributed by atoms with Crippen molar-refractivity contribution < 1.29 is 4.39 Å². The monoisotopic (exact) mass is 408 g/mol. The molecule has 0 heterocycles. The summed E-state index contributed by atoms with van der Waals surface area (Å²) in [6.45, 7) is 5.73. The Morgan fingerprint density at radius 1 is 1.14 bits per heavy atom. The molecule has 2 saturated carbocycles. The van der Waals surface area contributed by atoms with E-state index in [4.69, 9.17) is 0 Å². The zero-order valence-corrected chi connectivity index (χ0v) is 16.4. The van der Waals surface area contributed by atoms with Gasteiger partial charge in [-0.2, -0.15) is 0 Å². The van der Waals surface area contributed by atoms with Gasteiger partial charge in [0.15, 0.2) is 0 Å². The summed E-state index contributed by atoms with van der Waals surface area (Å²) >= 11 is 2.64. The van der Waals surface area contributed by atoms with Crippen LogP contribution in [0.5, 0.6) is 0 Å². The average Bonchev–Trinajstić information content (AvgIpc) is 3.17. The second-order valence-corrected chi connectivity index (χ2v) is 10.3. The van der Waals surface area contributed by atoms with Crippen molar-refractivity contribution in [1.82, 2.24) is 0 Å². The molecule has 2 rings (SSSR count). The van der Waals surface area contributed by atoms with Gasteiger partial charge < -0.3 is 0 Å². The van der Waals surface area contributed by atoms with E-state index < -0.39 is 5.67 Å². The number of halogens is 2. The van der Waals surface area contributed by atoms with E-state index in [1.807, 2.05) is 0 Å². The molecule has 124 valence electrons. The van der Waals surface area contributed by atoms with Gasteiger partial charge in [0.2, 0.25) is 0 Å². The van der Waals surface area contributed by atoms with Gasteiger partial charge in [0.05, 0.1) is 0 Å². The Hall–Kier alpha value is 0.660. The van der Waals surface area contributed by atoms with Crippen molar-refractivity contribution >= 4 is 22.6 Å². The van der Waals surface area contributed by atoms with Crippen LogP contribution < -0.4 is 0 Å². The van der Waals surface area contributed by atoms with E-state index in [1.165, 1.54) is 57.8 Å². The molecule has 2 aliphatic rings. The minimum Gasteiger partial charge on any atom is -0.245 e. The van der Waals surface area contributed by atoms with Crippen LogP contribution in [-0.2, 0) is 0 Å². The molecule has 2 heteroatoms. The fraction of sp³-hybridized carbons (Fsp3) is 1.00. The minimum atomic E-state index is -0.982. The molecule has 0 amide bonds. The lowest BCUT2D eigenvalue weighted by molar-refractivity contribution is 0.182. The lowest BCUT2D eigenvalue weighted by Gasteiger charge is -2.33. The quantitative estimate of drug-likeness (QED) is 0.297. The zero-order valence-electron chi connectivity index (χ0n) is 14.3. The Bertz CT molecular complexity index is 308. The summed E-state index contributed by atoms with van der Waals surface area (Å²) in [4.78, 5) is 0. The summed E-state index contributed by atoms with van der Waals surface area (Å²) in [5.41, 5.74) is -0.236. The molecule has 0 aromatic heterocycles. The molecule has 0 radical (unpaired) electrons. The van der Waals surface area contributed by atoms with Gasteiger partial charge in [-0.1, -0.05) is 42.4 Å². The van der Waals surface area contributed by atoms with Crippen molar-refractivity contribution in [3.05, 3.63) is 0 Å². The topological polar surface area (TPSA) is 0 Å². The molecule has 0 aromatic rings. The number of alkyl halides is 2. The Morgan fingerprint density at radius 3 is 2.29 bits per heavy atom. The van der Waals surface area contributed by atoms with E-state index in [-0.39, 0.29) is 0 Å². The largest absolute Gasteiger partial charge is 0.245 e. The maximum absolute atomic E-state index is 13.5. The number of hydrogen-bond acceptors (Lipinski definition) is 0. The van der Waals surface area contributed by atoms with E-state index >= 15 is 0 Å². The van der Waals surface area contributed by atoms with Gasteiger partial charge in [0.1, 0.15) is 5.67 Å². The maximum atomic E-state index is 13.5. The Morgan fingerprint density at radius 2 is 1.76 bits per heavy atom. The molecule has 0 bridgehead atoms. The summed E-state index contributed by atoms with van der Waals surface area (Å²) in [5, 5.41) is 0. The van der Waals surface area contributed by atoms with Crippen molar-refractivity contribution in [2.24, 2.45) is 17.3 Å². The highest BCUT2D eigenvalue weighted by Gasteiger charge is 2.48. The average molecular weight is 408 g/mol. The third-order valence-electron chi connectivity index (χ3n) is 6.02. The third kappa shape index (κ3) is 5.99. The van der Waals surface area contributed by atoms with Crippen molar-refractivity contribution in [3.8, 4) is 0 Å². The van der Waals surface area contributed by atoms with Gasteiger partial charge in [0.25, 0.3) is 0 Å². The van der Waals surface area contributed by atoms with Crippen LogP contribution >= 0.6 is 22.6 Å². The molecule has 2 aliphatic carbocycles. The molecule has 0 N–H and O–H groups in total. The molecule has 2 fully saturated rings. The molecule has 0 nitrogen and oxygen atoms in total. The van der Waals surface area contributed by atoms with Gasteiger partial charge in [-0.3, -0.25) is 0 Å². The SMILES string of the molecule is C[C@@H](CCCC1(C2CCC(I)CC2)CC1)CCC(C)(C)F. The van der Waals surface area contributed by atoms with E-state index in [0.29, 0.717) is 5.92 Å². The van der Waals surface area contributed by atoms with Crippen LogP contribution in [0.25, 0.3) is 0 Å². The van der Waals surface area contributed by atoms with Crippen LogP contribution in [0.15, 0.2) is 0 Å². The van der Waals surface area contributed by atoms with E-state index in [1.54, 1.807) is 13.8 Å². The summed E-state index contributed by atoms with van der Waals surface area (Å²) in [6, 6.07) is 0. The summed E-state index contributed by atoms with van der Waals surface area (Å²) in [7, 11) is 0. The van der Waals surface area contributed by atoms with Crippen molar-refractivity contribution in [2.75, 3.05) is 0 Å². The second-order valence-electron chi connectivity index (χ2n) is 8.57. The van der Waals surface area contributed by atoms with Crippen LogP contribution in [0.1, 0.15) is 91.4 Å². The van der Waals surface area contributed by atoms with Gasteiger partial charge >= 0.3 is 0 Å². The molecule has 0 spiro atoms. The number of hydrogen-bond donors (Lipinski definition) is 0. The fourth-order valence-electron chi connectivity index (χ4n) is 4.22. The normalized spacial score (nSPS) is 30.1. The first-order valence-corrected chi connectivity index (χ1v) is 10.4. The second kappa shape index (κ2) is 7.49. The van der Waals surface area contributed by atoms with Crippen LogP contribution in [0.2, 0.25) is 0 Å². The number of rotatable bonds is 8. The van der Waals surface area contributed by atoms with E-state index in [2.05, 4.69) is 29.5 Å². The summed E-state index contributed by atoms with van der Waals surface area (Å²) in [6.07, 6.45) is 14.8. The van der Waals surface area contributed by atoms with Gasteiger partial charge in [-0.25, -0.2) is 4.39 Å². The maximum Gasteiger partial charge on any atom is 0.105 e. The summed E-state index contributed by atoms with van der Waals surface area (Å²) < 4.78 is 14.5. The fourth-order valence-corrected chi connectivity index (χ4v) is 4.94. The Kier molecular flexibility index (Phi) is 6.42. The lowest BCUT2D eigenvalue weighted by atomic mass is 9.75. The Balaban J connectivity index is 1.64. The van der Waals surface area contributed by atoms with Crippen LogP contribution in [-0.4, -0.2) is 9.59 Å². The van der Waals surface area contributed by atoms with Crippen molar-refractivity contribution in [1.29, 1.82) is 0 Å². The first-order valence-electron chi connectivity index (χ1n) is 9.14. The molecular weight excluding hydrogens is 374 g/mol. The predicted molar refractivity (Wildman–Crippen MR) is 98.9 cm³/mol. The van der Waals surface area contributed by atoms with Crippen molar-refractivity contribution in [3.63, 3.8) is 0 Å². The van der Waals surface area contributed by atoms with Crippen LogP contribution in [0, 0.1) is 17.3 Å². The first kappa shape index (κ1) is 18.0. The Labute approximate surface area is 145 Å². The zero-order chi connectivity index (χ0) is 15.5. The standard InChI is InChI=1S/C19H34FI/c1-15(10-12-18(2,3)20)5-4-11-19(13-14-19)16-6-8-17(21)9-7-16/h15-17H,4-14H2,1-3H3/t15-,16?,17?/m0/s1. The van der Waals surface area contributed by atoms with Crippen LogP contribution in [0.3, 0.4) is 0 Å². The highest BCUT2D eigenvalue weighted by Crippen LogP contribution is 2.59. The molecule has 1 atom stereocenters. The van der Waals surface area contributed by atoms with Gasteiger partial charge in [-0.05, 0) is 88.9 Å².